The fraction of sp³-hybridized carbons (Fsp3) is 0.571. The summed E-state index contributed by atoms with van der Waals surface area (Å²) in [7, 11) is 0. The molecule has 0 aromatic carbocycles. The number of hydrogen-bond donors (Lipinski definition) is 3. The maximum atomic E-state index is 12.5. The number of rotatable bonds is 4. The highest BCUT2D eigenvalue weighted by atomic mass is 79.9. The Bertz CT molecular complexity index is 1340. The molecular formula is C28H34BrN7O2. The van der Waals surface area contributed by atoms with Gasteiger partial charge in [-0.3, -0.25) is 9.48 Å². The molecule has 10 heteroatoms. The molecule has 4 unspecified atom stereocenters. The first-order valence-electron chi connectivity index (χ1n) is 13.9. The zero-order chi connectivity index (χ0) is 26.1. The Morgan fingerprint density at radius 1 is 1.18 bits per heavy atom. The van der Waals surface area contributed by atoms with Crippen molar-refractivity contribution in [2.45, 2.75) is 94.9 Å². The number of nitriles is 1. The van der Waals surface area contributed by atoms with Crippen LogP contribution in [0, 0.1) is 17.2 Å². The zero-order valence-corrected chi connectivity index (χ0v) is 23.0. The Hall–Kier alpha value is -2.90. The van der Waals surface area contributed by atoms with Crippen LogP contribution in [0.5, 0.6) is 0 Å². The normalized spacial score (nSPS) is 26.3. The summed E-state index contributed by atoms with van der Waals surface area (Å²) >= 11 is 3.56. The topological polar surface area (TPSA) is 121 Å². The Labute approximate surface area is 230 Å². The van der Waals surface area contributed by atoms with Gasteiger partial charge in [0.05, 0.1) is 28.3 Å². The molecule has 2 saturated heterocycles. The first kappa shape index (κ1) is 25.4. The molecule has 4 atom stereocenters. The van der Waals surface area contributed by atoms with E-state index in [0.29, 0.717) is 29.5 Å². The second-order valence-corrected chi connectivity index (χ2v) is 11.8. The standard InChI is InChI=1S/C14H14BrN3O.C14H20N4O/c15-13-11-6-10(7-16)19-12(11)8-17-14(13)18-9-4-2-1-3-5-9;19-14(10-8-9-3-4-11(10)16-9)17-12-2-1-7-18-13(12)5-6-15-18/h6,8-9H,1-5H2,(H,17,18);5-6,9-12,16H,1-4,7-8H2,(H,17,19). The van der Waals surface area contributed by atoms with E-state index >= 15 is 0 Å². The lowest BCUT2D eigenvalue weighted by atomic mass is 9.88. The molecule has 1 amide bonds. The van der Waals surface area contributed by atoms with E-state index in [1.165, 1.54) is 38.5 Å². The molecule has 3 aliphatic heterocycles. The fourth-order valence-corrected chi connectivity index (χ4v) is 7.06. The maximum absolute atomic E-state index is 12.5. The van der Waals surface area contributed by atoms with Crippen LogP contribution in [0.4, 0.5) is 5.82 Å². The van der Waals surface area contributed by atoms with Crippen molar-refractivity contribution in [1.29, 1.82) is 5.26 Å². The number of anilines is 1. The zero-order valence-electron chi connectivity index (χ0n) is 21.5. The molecule has 1 aliphatic carbocycles. The number of halogens is 1. The predicted octanol–water partition coefficient (Wildman–Crippen LogP) is 5.18. The van der Waals surface area contributed by atoms with Crippen molar-refractivity contribution in [2.24, 2.45) is 5.92 Å². The highest BCUT2D eigenvalue weighted by molar-refractivity contribution is 9.10. The molecule has 7 rings (SSSR count). The molecule has 6 heterocycles. The van der Waals surface area contributed by atoms with Gasteiger partial charge in [-0.15, -0.1) is 0 Å². The molecule has 38 heavy (non-hydrogen) atoms. The summed E-state index contributed by atoms with van der Waals surface area (Å²) in [5.41, 5.74) is 1.80. The van der Waals surface area contributed by atoms with E-state index in [4.69, 9.17) is 9.68 Å². The second kappa shape index (κ2) is 11.1. The number of fused-ring (bicyclic) bond motifs is 4. The van der Waals surface area contributed by atoms with Crippen LogP contribution >= 0.6 is 15.9 Å². The molecule has 3 N–H and O–H groups in total. The van der Waals surface area contributed by atoms with E-state index in [1.54, 1.807) is 12.3 Å². The Morgan fingerprint density at radius 2 is 2.05 bits per heavy atom. The van der Waals surface area contributed by atoms with Crippen LogP contribution in [-0.2, 0) is 11.3 Å². The van der Waals surface area contributed by atoms with Crippen LogP contribution in [0.1, 0.15) is 81.7 Å². The highest BCUT2D eigenvalue weighted by Gasteiger charge is 2.43. The number of carbonyl (C=O) groups is 1. The number of furan rings is 1. The number of aromatic nitrogens is 3. The number of pyridine rings is 1. The largest absolute Gasteiger partial charge is 0.444 e. The summed E-state index contributed by atoms with van der Waals surface area (Å²) in [5.74, 6) is 1.56. The van der Waals surface area contributed by atoms with Crippen molar-refractivity contribution < 1.29 is 9.21 Å². The lowest BCUT2D eigenvalue weighted by Crippen LogP contribution is -2.40. The van der Waals surface area contributed by atoms with E-state index in [1.807, 2.05) is 23.0 Å². The van der Waals surface area contributed by atoms with Crippen LogP contribution in [0.25, 0.3) is 11.0 Å². The molecule has 0 spiro atoms. The van der Waals surface area contributed by atoms with E-state index in [9.17, 15) is 4.79 Å². The first-order valence-corrected chi connectivity index (χ1v) is 14.7. The molecular weight excluding hydrogens is 546 g/mol. The quantitative estimate of drug-likeness (QED) is 0.389. The fourth-order valence-electron chi connectivity index (χ4n) is 6.53. The van der Waals surface area contributed by atoms with Crippen LogP contribution in [0.2, 0.25) is 0 Å². The molecule has 2 bridgehead atoms. The van der Waals surface area contributed by atoms with Crippen LogP contribution in [0.3, 0.4) is 0 Å². The number of nitrogens with one attached hydrogen (secondary N) is 3. The van der Waals surface area contributed by atoms with Gasteiger partial charge in [-0.25, -0.2) is 4.98 Å². The summed E-state index contributed by atoms with van der Waals surface area (Å²) in [5, 5.41) is 24.3. The molecule has 9 nitrogen and oxygen atoms in total. The summed E-state index contributed by atoms with van der Waals surface area (Å²) < 4.78 is 8.26. The van der Waals surface area contributed by atoms with E-state index in [0.717, 1.165) is 53.6 Å². The third-order valence-electron chi connectivity index (χ3n) is 8.49. The minimum Gasteiger partial charge on any atom is -0.444 e. The van der Waals surface area contributed by atoms with Crippen molar-refractivity contribution in [3.8, 4) is 6.07 Å². The Kier molecular flexibility index (Phi) is 7.39. The van der Waals surface area contributed by atoms with Gasteiger partial charge in [-0.1, -0.05) is 19.3 Å². The van der Waals surface area contributed by atoms with Gasteiger partial charge in [0.25, 0.3) is 0 Å². The van der Waals surface area contributed by atoms with E-state index in [2.05, 4.69) is 42.0 Å². The lowest BCUT2D eigenvalue weighted by molar-refractivity contribution is -0.126. The molecule has 3 aromatic heterocycles. The molecule has 4 aliphatic rings. The summed E-state index contributed by atoms with van der Waals surface area (Å²) in [4.78, 5) is 16.8. The molecule has 3 aromatic rings. The third kappa shape index (κ3) is 5.19. The minimum atomic E-state index is 0.155. The average molecular weight is 581 g/mol. The van der Waals surface area contributed by atoms with Gasteiger partial charge < -0.3 is 20.4 Å². The van der Waals surface area contributed by atoms with Gasteiger partial charge in [-0.05, 0) is 66.9 Å². The van der Waals surface area contributed by atoms with Crippen LogP contribution in [-0.4, -0.2) is 38.8 Å². The molecule has 0 radical (unpaired) electrons. The van der Waals surface area contributed by atoms with Crippen molar-refractivity contribution in [1.82, 2.24) is 25.4 Å². The van der Waals surface area contributed by atoms with Crippen molar-refractivity contribution >= 4 is 38.6 Å². The number of nitrogens with zero attached hydrogens (tertiary/aromatic N) is 4. The number of hydrogen-bond acceptors (Lipinski definition) is 7. The highest BCUT2D eigenvalue weighted by Crippen LogP contribution is 2.35. The van der Waals surface area contributed by atoms with Crippen molar-refractivity contribution in [3.05, 3.63) is 40.5 Å². The predicted molar refractivity (Wildman–Crippen MR) is 147 cm³/mol. The summed E-state index contributed by atoms with van der Waals surface area (Å²) in [6.07, 6.45) is 15.3. The smallest absolute Gasteiger partial charge is 0.225 e. The van der Waals surface area contributed by atoms with Crippen LogP contribution < -0.4 is 16.0 Å². The molecule has 3 fully saturated rings. The number of amides is 1. The third-order valence-corrected chi connectivity index (χ3v) is 9.30. The van der Waals surface area contributed by atoms with E-state index in [-0.39, 0.29) is 17.9 Å². The van der Waals surface area contributed by atoms with Gasteiger partial charge >= 0.3 is 0 Å². The van der Waals surface area contributed by atoms with Crippen molar-refractivity contribution in [2.75, 3.05) is 5.32 Å². The summed E-state index contributed by atoms with van der Waals surface area (Å²) in [6, 6.07) is 7.43. The maximum Gasteiger partial charge on any atom is 0.225 e. The second-order valence-electron chi connectivity index (χ2n) is 11.0. The van der Waals surface area contributed by atoms with Gasteiger partial charge in [0.15, 0.2) is 5.58 Å². The summed E-state index contributed by atoms with van der Waals surface area (Å²) in [6.45, 7) is 0.977. The molecule has 1 saturated carbocycles. The Balaban J connectivity index is 0.000000139. The van der Waals surface area contributed by atoms with Crippen molar-refractivity contribution in [3.63, 3.8) is 0 Å². The minimum absolute atomic E-state index is 0.155. The van der Waals surface area contributed by atoms with E-state index < -0.39 is 0 Å². The van der Waals surface area contributed by atoms with Crippen LogP contribution in [0.15, 0.2) is 33.4 Å². The van der Waals surface area contributed by atoms with Gasteiger partial charge in [-0.2, -0.15) is 10.4 Å². The van der Waals surface area contributed by atoms with Gasteiger partial charge in [0, 0.05) is 42.3 Å². The van der Waals surface area contributed by atoms with Gasteiger partial charge in [0.2, 0.25) is 11.7 Å². The lowest BCUT2D eigenvalue weighted by Gasteiger charge is -2.27. The first-order chi connectivity index (χ1) is 18.6. The number of carbonyl (C=O) groups excluding carboxylic acids is 1. The average Bonchev–Trinajstić information content (AvgIpc) is 3.75. The SMILES string of the molecule is N#Cc1cc2c(Br)c(NC3CCCCC3)ncc2o1.O=C(NC1CCCn2nccc21)C1CC2CCC1N2. The van der Waals surface area contributed by atoms with Gasteiger partial charge in [0.1, 0.15) is 11.9 Å². The number of aryl methyl sites for hydroxylation is 1. The Morgan fingerprint density at radius 3 is 2.82 bits per heavy atom. The molecule has 200 valence electrons. The monoisotopic (exact) mass is 579 g/mol.